The van der Waals surface area contributed by atoms with E-state index in [4.69, 9.17) is 0 Å². The number of anilines is 1. The Hall–Kier alpha value is -1.49. The summed E-state index contributed by atoms with van der Waals surface area (Å²) >= 11 is 3.37. The average Bonchev–Trinajstić information content (AvgIpc) is 2.32. The van der Waals surface area contributed by atoms with E-state index in [1.807, 2.05) is 0 Å². The van der Waals surface area contributed by atoms with E-state index in [1.165, 1.54) is 12.1 Å². The molecule has 0 fully saturated rings. The molecule has 1 aromatic carbocycles. The van der Waals surface area contributed by atoms with E-state index in [0.29, 0.717) is 17.1 Å². The predicted octanol–water partition coefficient (Wildman–Crippen LogP) is 3.09. The molecule has 0 radical (unpaired) electrons. The zero-order chi connectivity index (χ0) is 11.5. The van der Waals surface area contributed by atoms with E-state index in [9.17, 15) is 4.39 Å². The van der Waals surface area contributed by atoms with Crippen molar-refractivity contribution in [2.45, 2.75) is 0 Å². The van der Waals surface area contributed by atoms with Crippen molar-refractivity contribution in [3.05, 3.63) is 40.9 Å². The summed E-state index contributed by atoms with van der Waals surface area (Å²) in [7, 11) is 1.75. The summed E-state index contributed by atoms with van der Waals surface area (Å²) < 4.78 is 14.0. The van der Waals surface area contributed by atoms with Crippen molar-refractivity contribution >= 4 is 21.7 Å². The van der Waals surface area contributed by atoms with Crippen LogP contribution < -0.4 is 5.32 Å². The summed E-state index contributed by atoms with van der Waals surface area (Å²) in [5.74, 6) is 0.319. The number of nitrogens with zero attached hydrogens (tertiary/aromatic N) is 2. The third-order valence-electron chi connectivity index (χ3n) is 2.12. The van der Waals surface area contributed by atoms with Crippen LogP contribution in [-0.2, 0) is 0 Å². The number of hydrogen-bond acceptors (Lipinski definition) is 3. The first-order chi connectivity index (χ1) is 7.72. The molecule has 0 bridgehead atoms. The molecule has 0 amide bonds. The molecule has 1 N–H and O–H groups in total. The molecule has 0 aliphatic heterocycles. The van der Waals surface area contributed by atoms with Gasteiger partial charge < -0.3 is 5.32 Å². The Bertz CT molecular complexity index is 516. The zero-order valence-electron chi connectivity index (χ0n) is 8.54. The van der Waals surface area contributed by atoms with Gasteiger partial charge in [0.2, 0.25) is 0 Å². The smallest absolute Gasteiger partial charge is 0.152 e. The summed E-state index contributed by atoms with van der Waals surface area (Å²) in [6.45, 7) is 0. The largest absolute Gasteiger partial charge is 0.371 e. The molecule has 2 rings (SSSR count). The number of hydrogen-bond donors (Lipinski definition) is 1. The van der Waals surface area contributed by atoms with Gasteiger partial charge in [-0.3, -0.25) is 4.98 Å². The second kappa shape index (κ2) is 4.57. The first-order valence-electron chi connectivity index (χ1n) is 4.66. The predicted molar refractivity (Wildman–Crippen MR) is 64.7 cm³/mol. The van der Waals surface area contributed by atoms with E-state index in [1.54, 1.807) is 25.5 Å². The van der Waals surface area contributed by atoms with Gasteiger partial charge in [0.05, 0.1) is 0 Å². The number of rotatable bonds is 2. The third-order valence-corrected chi connectivity index (χ3v) is 2.81. The zero-order valence-corrected chi connectivity index (χ0v) is 10.1. The lowest BCUT2D eigenvalue weighted by atomic mass is 10.1. The Morgan fingerprint density at radius 2 is 2.00 bits per heavy atom. The molecule has 0 aliphatic rings. The SMILES string of the molecule is CNc1nccnc1-c1cc(F)ccc1Br. The summed E-state index contributed by atoms with van der Waals surface area (Å²) in [6.07, 6.45) is 3.16. The third kappa shape index (κ3) is 2.04. The van der Waals surface area contributed by atoms with E-state index < -0.39 is 0 Å². The van der Waals surface area contributed by atoms with Crippen LogP contribution in [-0.4, -0.2) is 17.0 Å². The van der Waals surface area contributed by atoms with Gasteiger partial charge in [-0.2, -0.15) is 0 Å². The number of aromatic nitrogens is 2. The minimum Gasteiger partial charge on any atom is -0.371 e. The highest BCUT2D eigenvalue weighted by Gasteiger charge is 2.10. The molecule has 0 atom stereocenters. The molecule has 1 heterocycles. The summed E-state index contributed by atoms with van der Waals surface area (Å²) in [5, 5.41) is 2.92. The van der Waals surface area contributed by atoms with Crippen LogP contribution in [0, 0.1) is 5.82 Å². The van der Waals surface area contributed by atoms with Crippen molar-refractivity contribution in [1.82, 2.24) is 9.97 Å². The van der Waals surface area contributed by atoms with Crippen molar-refractivity contribution in [2.24, 2.45) is 0 Å². The second-order valence-electron chi connectivity index (χ2n) is 3.13. The van der Waals surface area contributed by atoms with Gasteiger partial charge in [-0.25, -0.2) is 9.37 Å². The minimum atomic E-state index is -0.300. The fourth-order valence-electron chi connectivity index (χ4n) is 1.40. The lowest BCUT2D eigenvalue weighted by Gasteiger charge is -2.08. The summed E-state index contributed by atoms with van der Waals surface area (Å²) in [6, 6.07) is 4.47. The molecule has 16 heavy (non-hydrogen) atoms. The number of benzene rings is 1. The fraction of sp³-hybridized carbons (Fsp3) is 0.0909. The van der Waals surface area contributed by atoms with Crippen molar-refractivity contribution in [2.75, 3.05) is 12.4 Å². The quantitative estimate of drug-likeness (QED) is 0.919. The van der Waals surface area contributed by atoms with Gasteiger partial charge in [0.15, 0.2) is 5.82 Å². The van der Waals surface area contributed by atoms with Crippen LogP contribution in [0.25, 0.3) is 11.3 Å². The Morgan fingerprint density at radius 1 is 1.25 bits per heavy atom. The van der Waals surface area contributed by atoms with Gasteiger partial charge in [-0.1, -0.05) is 15.9 Å². The second-order valence-corrected chi connectivity index (χ2v) is 3.98. The van der Waals surface area contributed by atoms with E-state index in [2.05, 4.69) is 31.2 Å². The lowest BCUT2D eigenvalue weighted by Crippen LogP contribution is -1.98. The summed E-state index contributed by atoms with van der Waals surface area (Å²) in [5.41, 5.74) is 1.30. The van der Waals surface area contributed by atoms with Crippen LogP contribution in [0.5, 0.6) is 0 Å². The average molecular weight is 282 g/mol. The lowest BCUT2D eigenvalue weighted by molar-refractivity contribution is 0.628. The highest BCUT2D eigenvalue weighted by atomic mass is 79.9. The van der Waals surface area contributed by atoms with Crippen LogP contribution in [0.4, 0.5) is 10.2 Å². The number of nitrogens with one attached hydrogen (secondary N) is 1. The molecular formula is C11H9BrFN3. The molecule has 0 saturated heterocycles. The van der Waals surface area contributed by atoms with Crippen LogP contribution >= 0.6 is 15.9 Å². The van der Waals surface area contributed by atoms with E-state index in [0.717, 1.165) is 4.47 Å². The molecule has 0 unspecified atom stereocenters. The Morgan fingerprint density at radius 3 is 2.75 bits per heavy atom. The molecule has 0 spiro atoms. The molecule has 5 heteroatoms. The molecule has 3 nitrogen and oxygen atoms in total. The van der Waals surface area contributed by atoms with Gasteiger partial charge >= 0.3 is 0 Å². The number of halogens is 2. The van der Waals surface area contributed by atoms with Gasteiger partial charge in [0, 0.05) is 29.5 Å². The first-order valence-corrected chi connectivity index (χ1v) is 5.46. The van der Waals surface area contributed by atoms with Crippen LogP contribution in [0.1, 0.15) is 0 Å². The Kier molecular flexibility index (Phi) is 3.14. The summed E-state index contributed by atoms with van der Waals surface area (Å²) in [4.78, 5) is 8.33. The Labute approximate surface area is 101 Å². The molecule has 2 aromatic rings. The van der Waals surface area contributed by atoms with Gasteiger partial charge in [-0.05, 0) is 18.2 Å². The molecule has 0 saturated carbocycles. The van der Waals surface area contributed by atoms with Crippen LogP contribution in [0.3, 0.4) is 0 Å². The maximum atomic E-state index is 13.2. The van der Waals surface area contributed by atoms with Crippen molar-refractivity contribution in [3.63, 3.8) is 0 Å². The molecule has 1 aromatic heterocycles. The topological polar surface area (TPSA) is 37.8 Å². The van der Waals surface area contributed by atoms with E-state index in [-0.39, 0.29) is 5.82 Å². The molecular weight excluding hydrogens is 273 g/mol. The highest BCUT2D eigenvalue weighted by molar-refractivity contribution is 9.10. The maximum absolute atomic E-state index is 13.2. The van der Waals surface area contributed by atoms with Crippen molar-refractivity contribution < 1.29 is 4.39 Å². The van der Waals surface area contributed by atoms with Crippen molar-refractivity contribution in [1.29, 1.82) is 0 Å². The fourth-order valence-corrected chi connectivity index (χ4v) is 1.83. The van der Waals surface area contributed by atoms with Crippen LogP contribution in [0.2, 0.25) is 0 Å². The molecule has 82 valence electrons. The maximum Gasteiger partial charge on any atom is 0.152 e. The monoisotopic (exact) mass is 281 g/mol. The Balaban J connectivity index is 2.62. The van der Waals surface area contributed by atoms with E-state index >= 15 is 0 Å². The minimum absolute atomic E-state index is 0.300. The normalized spacial score (nSPS) is 10.2. The van der Waals surface area contributed by atoms with Crippen LogP contribution in [0.15, 0.2) is 35.1 Å². The van der Waals surface area contributed by atoms with Crippen molar-refractivity contribution in [3.8, 4) is 11.3 Å². The van der Waals surface area contributed by atoms with Gasteiger partial charge in [0.1, 0.15) is 11.5 Å². The van der Waals surface area contributed by atoms with Gasteiger partial charge in [-0.15, -0.1) is 0 Å². The highest BCUT2D eigenvalue weighted by Crippen LogP contribution is 2.30. The first kappa shape index (κ1) is 11.0. The van der Waals surface area contributed by atoms with Gasteiger partial charge in [0.25, 0.3) is 0 Å². The standard InChI is InChI=1S/C11H9BrFN3/c1-14-11-10(15-4-5-16-11)8-6-7(13)2-3-9(8)12/h2-6H,1H3,(H,14,16). The molecule has 0 aliphatic carbocycles.